The first-order valence-electron chi connectivity index (χ1n) is 6.59. The van der Waals surface area contributed by atoms with Crippen LogP contribution in [0.25, 0.3) is 0 Å². The van der Waals surface area contributed by atoms with Gasteiger partial charge in [-0.15, -0.1) is 0 Å². The molecule has 2 rings (SSSR count). The number of ether oxygens (including phenoxy) is 1. The van der Waals surface area contributed by atoms with Crippen LogP contribution in [-0.2, 0) is 10.2 Å². The number of rotatable bonds is 4. The van der Waals surface area contributed by atoms with E-state index in [1.165, 1.54) is 5.56 Å². The smallest absolute Gasteiger partial charge is 0.221 e. The quantitative estimate of drug-likeness (QED) is 0.888. The zero-order chi connectivity index (χ0) is 13.2. The van der Waals surface area contributed by atoms with E-state index in [1.807, 2.05) is 12.1 Å². The van der Waals surface area contributed by atoms with Crippen molar-refractivity contribution < 1.29 is 9.53 Å². The maximum atomic E-state index is 11.5. The van der Waals surface area contributed by atoms with Crippen molar-refractivity contribution in [2.45, 2.75) is 45.1 Å². The molecule has 1 aliphatic rings. The average molecular weight is 247 g/mol. The molecule has 18 heavy (non-hydrogen) atoms. The molecule has 0 radical (unpaired) electrons. The third-order valence-corrected chi connectivity index (χ3v) is 3.85. The summed E-state index contributed by atoms with van der Waals surface area (Å²) in [5.74, 6) is 1.03. The summed E-state index contributed by atoms with van der Waals surface area (Å²) in [6.45, 7) is 7.03. The molecule has 0 spiro atoms. The molecule has 98 valence electrons. The summed E-state index contributed by atoms with van der Waals surface area (Å²) in [6, 6.07) is 8.30. The third kappa shape index (κ3) is 2.35. The molecule has 1 heterocycles. The lowest BCUT2D eigenvalue weighted by Gasteiger charge is -2.28. The van der Waals surface area contributed by atoms with Gasteiger partial charge in [-0.1, -0.05) is 26.0 Å². The summed E-state index contributed by atoms with van der Waals surface area (Å²) in [5.41, 5.74) is 1.08. The zero-order valence-corrected chi connectivity index (χ0v) is 11.3. The fourth-order valence-corrected chi connectivity index (χ4v) is 2.44. The Labute approximate surface area is 109 Å². The Balaban J connectivity index is 2.16. The highest BCUT2D eigenvalue weighted by atomic mass is 16.5. The van der Waals surface area contributed by atoms with E-state index in [1.54, 1.807) is 0 Å². The van der Waals surface area contributed by atoms with Crippen molar-refractivity contribution in [2.24, 2.45) is 0 Å². The van der Waals surface area contributed by atoms with Crippen molar-refractivity contribution in [3.05, 3.63) is 29.8 Å². The van der Waals surface area contributed by atoms with E-state index in [0.717, 1.165) is 18.8 Å². The van der Waals surface area contributed by atoms with Gasteiger partial charge in [-0.05, 0) is 31.0 Å². The van der Waals surface area contributed by atoms with Crippen molar-refractivity contribution >= 4 is 5.91 Å². The van der Waals surface area contributed by atoms with Crippen LogP contribution >= 0.6 is 0 Å². The van der Waals surface area contributed by atoms with Gasteiger partial charge in [-0.3, -0.25) is 4.79 Å². The molecule has 1 aromatic carbocycles. The van der Waals surface area contributed by atoms with E-state index in [0.29, 0.717) is 6.42 Å². The van der Waals surface area contributed by atoms with Crippen LogP contribution in [0, 0.1) is 0 Å². The number of benzene rings is 1. The van der Waals surface area contributed by atoms with Crippen LogP contribution in [0.5, 0.6) is 5.75 Å². The monoisotopic (exact) mass is 247 g/mol. The molecule has 1 N–H and O–H groups in total. The summed E-state index contributed by atoms with van der Waals surface area (Å²) in [7, 11) is 0. The van der Waals surface area contributed by atoms with Crippen LogP contribution in [0.1, 0.15) is 39.2 Å². The molecule has 1 fully saturated rings. The maximum Gasteiger partial charge on any atom is 0.221 e. The Morgan fingerprint density at radius 3 is 2.56 bits per heavy atom. The molecule has 3 heteroatoms. The first kappa shape index (κ1) is 12.9. The highest BCUT2D eigenvalue weighted by molar-refractivity contribution is 5.81. The summed E-state index contributed by atoms with van der Waals surface area (Å²) in [5, 5.41) is 2.98. The fourth-order valence-electron chi connectivity index (χ4n) is 2.44. The van der Waals surface area contributed by atoms with Gasteiger partial charge in [0.15, 0.2) is 0 Å². The van der Waals surface area contributed by atoms with E-state index < -0.39 is 0 Å². The molecule has 1 aliphatic heterocycles. The average Bonchev–Trinajstić information content (AvgIpc) is 2.62. The Kier molecular flexibility index (Phi) is 3.60. The number of nitrogens with one attached hydrogen (secondary N) is 1. The standard InChI is InChI=1S/C15H21NO2/c1-4-9-18-13-7-5-12(6-8-13)15(3)10-14(17)16-11(15)2/h5-8,11H,4,9-10H2,1-3H3,(H,16,17). The van der Waals surface area contributed by atoms with Gasteiger partial charge < -0.3 is 10.1 Å². The van der Waals surface area contributed by atoms with Crippen molar-refractivity contribution in [1.29, 1.82) is 0 Å². The summed E-state index contributed by atoms with van der Waals surface area (Å²) < 4.78 is 5.57. The second kappa shape index (κ2) is 5.01. The number of hydrogen-bond acceptors (Lipinski definition) is 2. The molecule has 0 bridgehead atoms. The van der Waals surface area contributed by atoms with Gasteiger partial charge in [0.25, 0.3) is 0 Å². The predicted molar refractivity (Wildman–Crippen MR) is 71.8 cm³/mol. The van der Waals surface area contributed by atoms with Crippen molar-refractivity contribution in [2.75, 3.05) is 6.61 Å². The molecule has 0 aromatic heterocycles. The fraction of sp³-hybridized carbons (Fsp3) is 0.533. The predicted octanol–water partition coefficient (Wildman–Crippen LogP) is 2.64. The maximum absolute atomic E-state index is 11.5. The van der Waals surface area contributed by atoms with Crippen molar-refractivity contribution in [1.82, 2.24) is 5.32 Å². The number of hydrogen-bond donors (Lipinski definition) is 1. The van der Waals surface area contributed by atoms with Crippen LogP contribution in [0.4, 0.5) is 0 Å². The Hall–Kier alpha value is -1.51. The first-order chi connectivity index (χ1) is 8.56. The highest BCUT2D eigenvalue weighted by Gasteiger charge is 2.41. The van der Waals surface area contributed by atoms with Gasteiger partial charge in [0.1, 0.15) is 5.75 Å². The Bertz CT molecular complexity index is 427. The molecule has 2 unspecified atom stereocenters. The summed E-state index contributed by atoms with van der Waals surface area (Å²) in [6.07, 6.45) is 1.57. The van der Waals surface area contributed by atoms with Crippen LogP contribution < -0.4 is 10.1 Å². The molecule has 0 saturated carbocycles. The van der Waals surface area contributed by atoms with Gasteiger partial charge in [-0.25, -0.2) is 0 Å². The summed E-state index contributed by atoms with van der Waals surface area (Å²) in [4.78, 5) is 11.5. The van der Waals surface area contributed by atoms with Crippen molar-refractivity contribution in [3.8, 4) is 5.75 Å². The number of amides is 1. The van der Waals surface area contributed by atoms with E-state index in [4.69, 9.17) is 4.74 Å². The molecule has 2 atom stereocenters. The summed E-state index contributed by atoms with van der Waals surface area (Å²) >= 11 is 0. The van der Waals surface area contributed by atoms with E-state index in [-0.39, 0.29) is 17.4 Å². The van der Waals surface area contributed by atoms with Crippen LogP contribution in [0.3, 0.4) is 0 Å². The van der Waals surface area contributed by atoms with Crippen LogP contribution in [0.15, 0.2) is 24.3 Å². The van der Waals surface area contributed by atoms with Crippen molar-refractivity contribution in [3.63, 3.8) is 0 Å². The second-order valence-electron chi connectivity index (χ2n) is 5.26. The molecule has 1 aromatic rings. The molecule has 1 saturated heterocycles. The SMILES string of the molecule is CCCOc1ccc(C2(C)CC(=O)NC2C)cc1. The third-order valence-electron chi connectivity index (χ3n) is 3.85. The van der Waals surface area contributed by atoms with Crippen LogP contribution in [-0.4, -0.2) is 18.6 Å². The molecule has 3 nitrogen and oxygen atoms in total. The van der Waals surface area contributed by atoms with E-state index in [2.05, 4.69) is 38.2 Å². The minimum absolute atomic E-state index is 0.111. The largest absolute Gasteiger partial charge is 0.494 e. The van der Waals surface area contributed by atoms with Gasteiger partial charge in [0, 0.05) is 17.9 Å². The van der Waals surface area contributed by atoms with Gasteiger partial charge in [-0.2, -0.15) is 0 Å². The minimum atomic E-state index is -0.111. The van der Waals surface area contributed by atoms with E-state index in [9.17, 15) is 4.79 Å². The number of carbonyl (C=O) groups excluding carboxylic acids is 1. The molecular weight excluding hydrogens is 226 g/mol. The van der Waals surface area contributed by atoms with Gasteiger partial charge >= 0.3 is 0 Å². The Morgan fingerprint density at radius 1 is 1.39 bits per heavy atom. The highest BCUT2D eigenvalue weighted by Crippen LogP contribution is 2.36. The van der Waals surface area contributed by atoms with Gasteiger partial charge in [0.2, 0.25) is 5.91 Å². The normalized spacial score (nSPS) is 27.1. The van der Waals surface area contributed by atoms with E-state index >= 15 is 0 Å². The number of carbonyl (C=O) groups is 1. The Morgan fingerprint density at radius 2 is 2.06 bits per heavy atom. The van der Waals surface area contributed by atoms with Crippen LogP contribution in [0.2, 0.25) is 0 Å². The minimum Gasteiger partial charge on any atom is -0.494 e. The molecule has 0 aliphatic carbocycles. The topological polar surface area (TPSA) is 38.3 Å². The van der Waals surface area contributed by atoms with Gasteiger partial charge in [0.05, 0.1) is 6.61 Å². The lowest BCUT2D eigenvalue weighted by Crippen LogP contribution is -2.35. The lowest BCUT2D eigenvalue weighted by atomic mass is 9.77. The lowest BCUT2D eigenvalue weighted by molar-refractivity contribution is -0.119. The first-order valence-corrected chi connectivity index (χ1v) is 6.59. The molecule has 1 amide bonds. The second-order valence-corrected chi connectivity index (χ2v) is 5.26. The molecular formula is C15H21NO2. The zero-order valence-electron chi connectivity index (χ0n) is 11.3.